The normalized spacial score (nSPS) is 10.5. The average molecular weight is 178 g/mol. The van der Waals surface area contributed by atoms with Gasteiger partial charge in [-0.25, -0.2) is 9.67 Å². The van der Waals surface area contributed by atoms with Crippen LogP contribution in [-0.4, -0.2) is 14.8 Å². The van der Waals surface area contributed by atoms with Crippen molar-refractivity contribution in [3.8, 4) is 0 Å². The van der Waals surface area contributed by atoms with E-state index in [1.54, 1.807) is 17.3 Å². The number of aromatic nitrogens is 3. The van der Waals surface area contributed by atoms with Gasteiger partial charge in [0.05, 0.1) is 6.26 Å². The lowest BCUT2D eigenvalue weighted by Gasteiger charge is -1.99. The van der Waals surface area contributed by atoms with Gasteiger partial charge < -0.3 is 10.2 Å². The topological polar surface area (TPSA) is 69.9 Å². The van der Waals surface area contributed by atoms with E-state index < -0.39 is 0 Å². The van der Waals surface area contributed by atoms with Gasteiger partial charge in [0.2, 0.25) is 0 Å². The molecular weight excluding hydrogens is 168 g/mol. The standard InChI is InChI=1S/C8H10N4O/c9-3-7-1-2-13-8(7)4-12-6-10-5-11-12/h1-2,5-6H,3-4,9H2. The van der Waals surface area contributed by atoms with Crippen LogP contribution in [0, 0.1) is 0 Å². The van der Waals surface area contributed by atoms with Crippen molar-refractivity contribution < 1.29 is 4.42 Å². The first-order valence-corrected chi connectivity index (χ1v) is 3.98. The lowest BCUT2D eigenvalue weighted by atomic mass is 10.2. The molecule has 2 aromatic heterocycles. The summed E-state index contributed by atoms with van der Waals surface area (Å²) in [6, 6.07) is 1.87. The molecule has 0 amide bonds. The minimum absolute atomic E-state index is 0.487. The van der Waals surface area contributed by atoms with Gasteiger partial charge in [-0.05, 0) is 6.07 Å². The van der Waals surface area contributed by atoms with Crippen molar-refractivity contribution in [2.45, 2.75) is 13.1 Å². The summed E-state index contributed by atoms with van der Waals surface area (Å²) in [5.74, 6) is 0.841. The van der Waals surface area contributed by atoms with E-state index >= 15 is 0 Å². The van der Waals surface area contributed by atoms with E-state index in [2.05, 4.69) is 10.1 Å². The number of furan rings is 1. The van der Waals surface area contributed by atoms with Gasteiger partial charge in [-0.3, -0.25) is 0 Å². The Kier molecular flexibility index (Phi) is 2.09. The molecule has 68 valence electrons. The maximum atomic E-state index is 5.52. The number of nitrogens with zero attached hydrogens (tertiary/aromatic N) is 3. The molecule has 0 atom stereocenters. The number of rotatable bonds is 3. The van der Waals surface area contributed by atoms with Crippen molar-refractivity contribution in [1.29, 1.82) is 0 Å². The Morgan fingerprint density at radius 2 is 2.46 bits per heavy atom. The fraction of sp³-hybridized carbons (Fsp3) is 0.250. The fourth-order valence-corrected chi connectivity index (χ4v) is 1.15. The Balaban J connectivity index is 2.18. The molecule has 0 aliphatic rings. The highest BCUT2D eigenvalue weighted by atomic mass is 16.3. The van der Waals surface area contributed by atoms with Crippen LogP contribution in [-0.2, 0) is 13.1 Å². The number of nitrogens with two attached hydrogens (primary N) is 1. The molecule has 0 aromatic carbocycles. The highest BCUT2D eigenvalue weighted by Crippen LogP contribution is 2.10. The van der Waals surface area contributed by atoms with Crippen molar-refractivity contribution in [3.63, 3.8) is 0 Å². The van der Waals surface area contributed by atoms with Gasteiger partial charge >= 0.3 is 0 Å². The van der Waals surface area contributed by atoms with Gasteiger partial charge in [-0.15, -0.1) is 0 Å². The van der Waals surface area contributed by atoms with Crippen molar-refractivity contribution >= 4 is 0 Å². The molecule has 0 radical (unpaired) electrons. The molecule has 0 spiro atoms. The summed E-state index contributed by atoms with van der Waals surface area (Å²) in [4.78, 5) is 3.84. The molecule has 0 saturated carbocycles. The van der Waals surface area contributed by atoms with Crippen LogP contribution < -0.4 is 5.73 Å². The Morgan fingerprint density at radius 1 is 1.54 bits per heavy atom. The van der Waals surface area contributed by atoms with Gasteiger partial charge in [0.25, 0.3) is 0 Å². The van der Waals surface area contributed by atoms with E-state index in [4.69, 9.17) is 10.2 Å². The van der Waals surface area contributed by atoms with E-state index in [0.29, 0.717) is 13.1 Å². The van der Waals surface area contributed by atoms with Gasteiger partial charge in [-0.1, -0.05) is 0 Å². The van der Waals surface area contributed by atoms with Crippen LogP contribution in [0.15, 0.2) is 29.4 Å². The minimum atomic E-state index is 0.487. The first kappa shape index (κ1) is 8.00. The predicted octanol–water partition coefficient (Wildman–Crippen LogP) is 0.378. The van der Waals surface area contributed by atoms with Crippen LogP contribution in [0.2, 0.25) is 0 Å². The highest BCUT2D eigenvalue weighted by molar-refractivity contribution is 5.16. The van der Waals surface area contributed by atoms with E-state index in [-0.39, 0.29) is 0 Å². The lowest BCUT2D eigenvalue weighted by molar-refractivity contribution is 0.475. The second-order valence-electron chi connectivity index (χ2n) is 2.67. The predicted molar refractivity (Wildman–Crippen MR) is 45.7 cm³/mol. The molecule has 2 heterocycles. The SMILES string of the molecule is NCc1ccoc1Cn1cncn1. The zero-order valence-corrected chi connectivity index (χ0v) is 7.05. The van der Waals surface area contributed by atoms with E-state index in [0.717, 1.165) is 11.3 Å². The van der Waals surface area contributed by atoms with Crippen LogP contribution in [0.25, 0.3) is 0 Å². The zero-order valence-electron chi connectivity index (χ0n) is 7.05. The second-order valence-corrected chi connectivity index (χ2v) is 2.67. The van der Waals surface area contributed by atoms with Gasteiger partial charge in [-0.2, -0.15) is 5.10 Å². The summed E-state index contributed by atoms with van der Waals surface area (Å²) in [6.45, 7) is 1.07. The quantitative estimate of drug-likeness (QED) is 0.737. The van der Waals surface area contributed by atoms with E-state index in [1.165, 1.54) is 6.33 Å². The van der Waals surface area contributed by atoms with E-state index in [9.17, 15) is 0 Å². The summed E-state index contributed by atoms with van der Waals surface area (Å²) < 4.78 is 6.95. The van der Waals surface area contributed by atoms with Crippen molar-refractivity contribution in [2.24, 2.45) is 5.73 Å². The fourth-order valence-electron chi connectivity index (χ4n) is 1.15. The lowest BCUT2D eigenvalue weighted by Crippen LogP contribution is -2.04. The molecule has 2 N–H and O–H groups in total. The Morgan fingerprint density at radius 3 is 3.15 bits per heavy atom. The summed E-state index contributed by atoms with van der Waals surface area (Å²) in [6.07, 6.45) is 4.77. The molecule has 2 rings (SSSR count). The Labute approximate surface area is 75.2 Å². The smallest absolute Gasteiger partial charge is 0.137 e. The molecule has 5 nitrogen and oxygen atoms in total. The van der Waals surface area contributed by atoms with E-state index in [1.807, 2.05) is 6.07 Å². The third kappa shape index (κ3) is 1.59. The maximum absolute atomic E-state index is 5.52. The average Bonchev–Trinajstić information content (AvgIpc) is 2.76. The largest absolute Gasteiger partial charge is 0.467 e. The molecule has 0 aliphatic heterocycles. The Bertz CT molecular complexity index is 365. The second kappa shape index (κ2) is 3.40. The van der Waals surface area contributed by atoms with Crippen molar-refractivity contribution in [2.75, 3.05) is 0 Å². The Hall–Kier alpha value is -1.62. The minimum Gasteiger partial charge on any atom is -0.467 e. The third-order valence-corrected chi connectivity index (χ3v) is 1.83. The monoisotopic (exact) mass is 178 g/mol. The van der Waals surface area contributed by atoms with Gasteiger partial charge in [0.1, 0.15) is 25.0 Å². The first-order chi connectivity index (χ1) is 6.40. The summed E-state index contributed by atoms with van der Waals surface area (Å²) in [7, 11) is 0. The van der Waals surface area contributed by atoms with Crippen LogP contribution >= 0.6 is 0 Å². The molecule has 0 aliphatic carbocycles. The molecule has 2 aromatic rings. The molecular formula is C8H10N4O. The number of hydrogen-bond donors (Lipinski definition) is 1. The van der Waals surface area contributed by atoms with Crippen LogP contribution in [0.5, 0.6) is 0 Å². The zero-order chi connectivity index (χ0) is 9.10. The highest BCUT2D eigenvalue weighted by Gasteiger charge is 2.04. The van der Waals surface area contributed by atoms with Gasteiger partial charge in [0, 0.05) is 12.1 Å². The molecule has 0 fully saturated rings. The first-order valence-electron chi connectivity index (χ1n) is 3.98. The van der Waals surface area contributed by atoms with Crippen molar-refractivity contribution in [3.05, 3.63) is 36.3 Å². The maximum Gasteiger partial charge on any atom is 0.137 e. The molecule has 0 bridgehead atoms. The summed E-state index contributed by atoms with van der Waals surface area (Å²) in [5.41, 5.74) is 6.53. The molecule has 0 saturated heterocycles. The van der Waals surface area contributed by atoms with Gasteiger partial charge in [0.15, 0.2) is 0 Å². The molecule has 5 heteroatoms. The number of hydrogen-bond acceptors (Lipinski definition) is 4. The van der Waals surface area contributed by atoms with Crippen LogP contribution in [0.1, 0.15) is 11.3 Å². The van der Waals surface area contributed by atoms with Crippen molar-refractivity contribution in [1.82, 2.24) is 14.8 Å². The summed E-state index contributed by atoms with van der Waals surface area (Å²) >= 11 is 0. The van der Waals surface area contributed by atoms with Crippen LogP contribution in [0.3, 0.4) is 0 Å². The molecule has 0 unspecified atom stereocenters. The third-order valence-electron chi connectivity index (χ3n) is 1.83. The molecule has 13 heavy (non-hydrogen) atoms. The van der Waals surface area contributed by atoms with Crippen LogP contribution in [0.4, 0.5) is 0 Å². The summed E-state index contributed by atoms with van der Waals surface area (Å²) in [5, 5.41) is 3.97.